The fraction of sp³-hybridized carbons (Fsp3) is 0.348. The Balaban J connectivity index is 1.82. The molecule has 1 amide bonds. The molecule has 0 radical (unpaired) electrons. The maximum Gasteiger partial charge on any atom is 0.410 e. The van der Waals surface area contributed by atoms with Gasteiger partial charge in [0.15, 0.2) is 11.5 Å². The molecule has 0 atom stereocenters. The maximum atomic E-state index is 11.0. The summed E-state index contributed by atoms with van der Waals surface area (Å²) in [5.41, 5.74) is 4.17. The molecule has 0 unspecified atom stereocenters. The van der Waals surface area contributed by atoms with Gasteiger partial charge in [-0.1, -0.05) is 19.6 Å². The topological polar surface area (TPSA) is 103 Å². The van der Waals surface area contributed by atoms with Crippen molar-refractivity contribution in [3.05, 3.63) is 36.7 Å². The van der Waals surface area contributed by atoms with E-state index >= 15 is 0 Å². The Labute approximate surface area is 193 Å². The molecule has 0 spiro atoms. The van der Waals surface area contributed by atoms with Crippen LogP contribution in [0.3, 0.4) is 0 Å². The quantitative estimate of drug-likeness (QED) is 0.279. The van der Waals surface area contributed by atoms with E-state index in [0.29, 0.717) is 24.5 Å². The monoisotopic (exact) mass is 467 g/mol. The Hall–Kier alpha value is -3.37. The molecular formula is C23H29N5O4Si. The molecule has 0 saturated heterocycles. The molecule has 3 aromatic heterocycles. The van der Waals surface area contributed by atoms with E-state index in [1.807, 2.05) is 35.9 Å². The molecule has 1 aromatic carbocycles. The lowest BCUT2D eigenvalue weighted by Crippen LogP contribution is -2.22. The van der Waals surface area contributed by atoms with E-state index in [0.717, 1.165) is 34.0 Å². The fourth-order valence-corrected chi connectivity index (χ4v) is 4.54. The molecule has 0 saturated carbocycles. The van der Waals surface area contributed by atoms with Crippen LogP contribution in [0.25, 0.3) is 33.3 Å². The lowest BCUT2D eigenvalue weighted by Gasteiger charge is -2.16. The molecule has 0 fully saturated rings. The summed E-state index contributed by atoms with van der Waals surface area (Å²) in [6.07, 6.45) is 2.30. The Morgan fingerprint density at radius 1 is 1.24 bits per heavy atom. The Kier molecular flexibility index (Phi) is 6.13. The van der Waals surface area contributed by atoms with Crippen LogP contribution in [-0.2, 0) is 18.5 Å². The van der Waals surface area contributed by atoms with E-state index in [2.05, 4.69) is 45.7 Å². The zero-order chi connectivity index (χ0) is 23.8. The third kappa shape index (κ3) is 4.86. The van der Waals surface area contributed by atoms with Gasteiger partial charge < -0.3 is 19.1 Å². The highest BCUT2D eigenvalue weighted by molar-refractivity contribution is 6.76. The average molecular weight is 468 g/mol. The van der Waals surface area contributed by atoms with Crippen molar-refractivity contribution in [1.82, 2.24) is 19.1 Å². The Morgan fingerprint density at radius 2 is 2.03 bits per heavy atom. The first kappa shape index (κ1) is 22.8. The summed E-state index contributed by atoms with van der Waals surface area (Å²) in [5.74, 6) is 0.950. The van der Waals surface area contributed by atoms with Crippen LogP contribution in [0.5, 0.6) is 5.75 Å². The Bertz CT molecular complexity index is 1320. The van der Waals surface area contributed by atoms with Gasteiger partial charge in [-0.05, 0) is 30.3 Å². The van der Waals surface area contributed by atoms with Gasteiger partial charge in [0.1, 0.15) is 18.0 Å². The summed E-state index contributed by atoms with van der Waals surface area (Å²) in [4.78, 5) is 20.0. The summed E-state index contributed by atoms with van der Waals surface area (Å²) in [6.45, 7) is 7.95. The van der Waals surface area contributed by atoms with E-state index in [4.69, 9.17) is 14.6 Å². The van der Waals surface area contributed by atoms with Crippen molar-refractivity contribution < 1.29 is 19.4 Å². The second-order valence-corrected chi connectivity index (χ2v) is 14.9. The standard InChI is InChI=1S/C23H29N5O4Si/c1-27-13-17(16-10-15(31-2)6-7-19(16)27)20-11-18-22(24-12-21(25-18)26-23(29)30)28(20)14-32-8-9-33(3,4)5/h6-7,10-13H,8-9,14H2,1-5H3,(H,25,26)(H,29,30). The number of methoxy groups -OCH3 is 1. The first-order chi connectivity index (χ1) is 15.7. The highest BCUT2D eigenvalue weighted by atomic mass is 28.3. The van der Waals surface area contributed by atoms with Crippen molar-refractivity contribution in [3.63, 3.8) is 0 Å². The normalized spacial score (nSPS) is 11.9. The lowest BCUT2D eigenvalue weighted by molar-refractivity contribution is 0.0909. The van der Waals surface area contributed by atoms with Gasteiger partial charge in [0.05, 0.1) is 19.0 Å². The molecule has 0 aliphatic carbocycles. The number of carboxylic acid groups (broad SMARTS) is 1. The Morgan fingerprint density at radius 3 is 2.73 bits per heavy atom. The van der Waals surface area contributed by atoms with Crippen molar-refractivity contribution in [2.45, 2.75) is 32.4 Å². The van der Waals surface area contributed by atoms with Crippen LogP contribution in [0.1, 0.15) is 0 Å². The zero-order valence-electron chi connectivity index (χ0n) is 19.5. The van der Waals surface area contributed by atoms with Gasteiger partial charge in [-0.3, -0.25) is 9.88 Å². The van der Waals surface area contributed by atoms with Crippen LogP contribution >= 0.6 is 0 Å². The van der Waals surface area contributed by atoms with Gasteiger partial charge in [-0.2, -0.15) is 0 Å². The van der Waals surface area contributed by atoms with Crippen molar-refractivity contribution in [3.8, 4) is 17.0 Å². The van der Waals surface area contributed by atoms with E-state index in [1.165, 1.54) is 6.20 Å². The summed E-state index contributed by atoms with van der Waals surface area (Å²) in [5, 5.41) is 12.3. The number of aryl methyl sites for hydroxylation is 1. The molecule has 0 aliphatic heterocycles. The first-order valence-corrected chi connectivity index (χ1v) is 14.4. The van der Waals surface area contributed by atoms with Crippen molar-refractivity contribution in [2.24, 2.45) is 7.05 Å². The van der Waals surface area contributed by atoms with Crippen molar-refractivity contribution >= 4 is 42.1 Å². The number of rotatable bonds is 8. The van der Waals surface area contributed by atoms with Crippen LogP contribution in [-0.4, -0.2) is 52.1 Å². The van der Waals surface area contributed by atoms with Gasteiger partial charge in [-0.25, -0.2) is 14.8 Å². The van der Waals surface area contributed by atoms with E-state index < -0.39 is 14.2 Å². The minimum absolute atomic E-state index is 0.179. The van der Waals surface area contributed by atoms with Crippen molar-refractivity contribution in [1.29, 1.82) is 0 Å². The number of hydrogen-bond donors (Lipinski definition) is 2. The summed E-state index contributed by atoms with van der Waals surface area (Å²) in [6, 6.07) is 8.96. The van der Waals surface area contributed by atoms with Gasteiger partial charge >= 0.3 is 6.09 Å². The van der Waals surface area contributed by atoms with Crippen LogP contribution in [0, 0.1) is 0 Å². The predicted molar refractivity (Wildman–Crippen MR) is 132 cm³/mol. The zero-order valence-corrected chi connectivity index (χ0v) is 20.5. The number of ether oxygens (including phenoxy) is 2. The third-order valence-corrected chi connectivity index (χ3v) is 7.23. The molecule has 0 aliphatic rings. The minimum Gasteiger partial charge on any atom is -0.497 e. The van der Waals surface area contributed by atoms with Crippen LogP contribution in [0.4, 0.5) is 10.6 Å². The number of carbonyl (C=O) groups is 1. The molecule has 174 valence electrons. The average Bonchev–Trinajstić information content (AvgIpc) is 3.26. The maximum absolute atomic E-state index is 11.0. The molecule has 4 aromatic rings. The minimum atomic E-state index is -1.22. The molecule has 10 heteroatoms. The van der Waals surface area contributed by atoms with E-state index in [9.17, 15) is 4.79 Å². The molecule has 33 heavy (non-hydrogen) atoms. The fourth-order valence-electron chi connectivity index (χ4n) is 3.78. The molecule has 9 nitrogen and oxygen atoms in total. The number of amides is 1. The van der Waals surface area contributed by atoms with Gasteiger partial charge in [-0.15, -0.1) is 0 Å². The van der Waals surface area contributed by atoms with Crippen LogP contribution in [0.2, 0.25) is 25.7 Å². The SMILES string of the molecule is COc1ccc2c(c1)c(-c1cc3nc(NC(=O)O)cnc3n1COCC[Si](C)(C)C)cn2C. The highest BCUT2D eigenvalue weighted by Gasteiger charge is 2.19. The van der Waals surface area contributed by atoms with Crippen molar-refractivity contribution in [2.75, 3.05) is 19.0 Å². The number of fused-ring (bicyclic) bond motifs is 2. The smallest absolute Gasteiger partial charge is 0.410 e. The number of nitrogens with one attached hydrogen (secondary N) is 1. The molecule has 2 N–H and O–H groups in total. The molecular weight excluding hydrogens is 438 g/mol. The predicted octanol–water partition coefficient (Wildman–Crippen LogP) is 5.00. The molecule has 4 rings (SSSR count). The van der Waals surface area contributed by atoms with Gasteiger partial charge in [0, 0.05) is 44.4 Å². The third-order valence-electron chi connectivity index (χ3n) is 5.52. The lowest BCUT2D eigenvalue weighted by atomic mass is 10.1. The largest absolute Gasteiger partial charge is 0.497 e. The second-order valence-electron chi connectivity index (χ2n) is 9.24. The summed E-state index contributed by atoms with van der Waals surface area (Å²) in [7, 11) is 2.43. The van der Waals surface area contributed by atoms with Gasteiger partial charge in [0.2, 0.25) is 0 Å². The molecule has 3 heterocycles. The van der Waals surface area contributed by atoms with E-state index in [-0.39, 0.29) is 5.82 Å². The number of aromatic nitrogens is 4. The number of nitrogens with zero attached hydrogens (tertiary/aromatic N) is 4. The van der Waals surface area contributed by atoms with Gasteiger partial charge in [0.25, 0.3) is 0 Å². The highest BCUT2D eigenvalue weighted by Crippen LogP contribution is 2.35. The number of anilines is 1. The number of benzene rings is 1. The summed E-state index contributed by atoms with van der Waals surface area (Å²) >= 11 is 0. The van der Waals surface area contributed by atoms with E-state index in [1.54, 1.807) is 7.11 Å². The first-order valence-electron chi connectivity index (χ1n) is 10.7. The second kappa shape index (κ2) is 8.87. The number of hydrogen-bond acceptors (Lipinski definition) is 5. The van der Waals surface area contributed by atoms with Crippen LogP contribution in [0.15, 0.2) is 36.7 Å². The van der Waals surface area contributed by atoms with Crippen LogP contribution < -0.4 is 10.1 Å². The summed E-state index contributed by atoms with van der Waals surface area (Å²) < 4.78 is 15.6. The molecule has 0 bridgehead atoms.